The lowest BCUT2D eigenvalue weighted by molar-refractivity contribution is 0.465. The second-order valence-corrected chi connectivity index (χ2v) is 4.96. The Morgan fingerprint density at radius 2 is 2.16 bits per heavy atom. The van der Waals surface area contributed by atoms with E-state index < -0.39 is 0 Å². The minimum absolute atomic E-state index is 0.711. The van der Waals surface area contributed by atoms with Crippen molar-refractivity contribution in [2.45, 2.75) is 13.0 Å². The number of nitrogens with one attached hydrogen (secondary N) is 1. The van der Waals surface area contributed by atoms with Gasteiger partial charge in [0.15, 0.2) is 10.3 Å². The predicted octanol–water partition coefficient (Wildman–Crippen LogP) is 2.42. The van der Waals surface area contributed by atoms with Crippen LogP contribution in [0.1, 0.15) is 11.6 Å². The molecule has 1 N–H and O–H groups in total. The number of hydrogen-bond donors (Lipinski definition) is 1. The highest BCUT2D eigenvalue weighted by molar-refractivity contribution is 9.10. The maximum Gasteiger partial charge on any atom is 0.169 e. The SMILES string of the molecule is Brc1ccc(CNCCc2nnc3ccccn23)o1. The number of rotatable bonds is 5. The molecule has 0 atom stereocenters. The Morgan fingerprint density at radius 1 is 1.21 bits per heavy atom. The summed E-state index contributed by atoms with van der Waals surface area (Å²) in [6, 6.07) is 9.73. The van der Waals surface area contributed by atoms with Crippen molar-refractivity contribution in [2.24, 2.45) is 0 Å². The number of hydrogen-bond acceptors (Lipinski definition) is 4. The molecule has 3 rings (SSSR count). The first-order valence-corrected chi connectivity index (χ1v) is 6.86. The van der Waals surface area contributed by atoms with Crippen LogP contribution in [0.3, 0.4) is 0 Å². The minimum atomic E-state index is 0.711. The minimum Gasteiger partial charge on any atom is -0.453 e. The van der Waals surface area contributed by atoms with E-state index >= 15 is 0 Å². The topological polar surface area (TPSA) is 55.4 Å². The Hall–Kier alpha value is -1.66. The lowest BCUT2D eigenvalue weighted by Gasteiger charge is -2.02. The van der Waals surface area contributed by atoms with Crippen molar-refractivity contribution in [1.29, 1.82) is 0 Å². The Balaban J connectivity index is 1.55. The summed E-state index contributed by atoms with van der Waals surface area (Å²) in [4.78, 5) is 0. The van der Waals surface area contributed by atoms with Crippen molar-refractivity contribution < 1.29 is 4.42 Å². The zero-order chi connectivity index (χ0) is 13.1. The van der Waals surface area contributed by atoms with Crippen LogP contribution in [-0.2, 0) is 13.0 Å². The largest absolute Gasteiger partial charge is 0.453 e. The van der Waals surface area contributed by atoms with Crippen LogP contribution in [-0.4, -0.2) is 21.1 Å². The van der Waals surface area contributed by atoms with E-state index in [1.54, 1.807) is 0 Å². The molecule has 6 heteroatoms. The van der Waals surface area contributed by atoms with Gasteiger partial charge in [-0.15, -0.1) is 10.2 Å². The fraction of sp³-hybridized carbons (Fsp3) is 0.231. The van der Waals surface area contributed by atoms with Crippen molar-refractivity contribution in [3.05, 3.63) is 52.8 Å². The van der Waals surface area contributed by atoms with Gasteiger partial charge in [0.25, 0.3) is 0 Å². The van der Waals surface area contributed by atoms with Crippen LogP contribution in [0.2, 0.25) is 0 Å². The summed E-state index contributed by atoms with van der Waals surface area (Å²) in [5.74, 6) is 1.88. The van der Waals surface area contributed by atoms with Crippen LogP contribution in [0.4, 0.5) is 0 Å². The monoisotopic (exact) mass is 320 g/mol. The molecule has 19 heavy (non-hydrogen) atoms. The van der Waals surface area contributed by atoms with Gasteiger partial charge in [0.2, 0.25) is 0 Å². The number of fused-ring (bicyclic) bond motifs is 1. The summed E-state index contributed by atoms with van der Waals surface area (Å²) in [5, 5.41) is 11.6. The fourth-order valence-corrected chi connectivity index (χ4v) is 2.26. The lowest BCUT2D eigenvalue weighted by Crippen LogP contribution is -2.17. The second-order valence-electron chi connectivity index (χ2n) is 4.18. The molecule has 0 bridgehead atoms. The van der Waals surface area contributed by atoms with E-state index in [2.05, 4.69) is 31.4 Å². The van der Waals surface area contributed by atoms with Gasteiger partial charge < -0.3 is 9.73 Å². The van der Waals surface area contributed by atoms with Gasteiger partial charge in [0.1, 0.15) is 11.6 Å². The molecule has 0 saturated carbocycles. The highest BCUT2D eigenvalue weighted by atomic mass is 79.9. The van der Waals surface area contributed by atoms with E-state index in [1.807, 2.05) is 40.9 Å². The van der Waals surface area contributed by atoms with Crippen molar-refractivity contribution in [1.82, 2.24) is 19.9 Å². The first-order valence-electron chi connectivity index (χ1n) is 6.06. The van der Waals surface area contributed by atoms with Gasteiger partial charge in [-0.3, -0.25) is 4.40 Å². The van der Waals surface area contributed by atoms with E-state index in [9.17, 15) is 0 Å². The average Bonchev–Trinajstić information content (AvgIpc) is 3.02. The van der Waals surface area contributed by atoms with E-state index in [1.165, 1.54) is 0 Å². The smallest absolute Gasteiger partial charge is 0.169 e. The molecule has 3 aromatic rings. The molecule has 0 spiro atoms. The molecular weight excluding hydrogens is 308 g/mol. The van der Waals surface area contributed by atoms with Gasteiger partial charge in [-0.2, -0.15) is 0 Å². The average molecular weight is 321 g/mol. The molecule has 98 valence electrons. The molecule has 0 unspecified atom stereocenters. The summed E-state index contributed by atoms with van der Waals surface area (Å²) in [5.41, 5.74) is 0.882. The molecule has 0 aliphatic heterocycles. The Kier molecular flexibility index (Phi) is 3.61. The van der Waals surface area contributed by atoms with Crippen LogP contribution in [0, 0.1) is 0 Å². The molecule has 0 aromatic carbocycles. The molecule has 3 aromatic heterocycles. The van der Waals surface area contributed by atoms with E-state index in [0.29, 0.717) is 6.54 Å². The normalized spacial score (nSPS) is 11.2. The zero-order valence-corrected chi connectivity index (χ0v) is 11.8. The maximum atomic E-state index is 5.41. The Bertz CT molecular complexity index is 676. The molecule has 0 aliphatic rings. The molecule has 0 radical (unpaired) electrons. The maximum absolute atomic E-state index is 5.41. The Morgan fingerprint density at radius 3 is 3.00 bits per heavy atom. The molecule has 0 saturated heterocycles. The third kappa shape index (κ3) is 2.85. The molecule has 0 amide bonds. The number of aromatic nitrogens is 3. The standard InChI is InChI=1S/C13H13BrN4O/c14-11-5-4-10(19-11)9-15-7-6-13-17-16-12-3-1-2-8-18(12)13/h1-5,8,15H,6-7,9H2. The third-order valence-electron chi connectivity index (χ3n) is 2.84. The van der Waals surface area contributed by atoms with Crippen LogP contribution < -0.4 is 5.32 Å². The number of pyridine rings is 1. The van der Waals surface area contributed by atoms with Gasteiger partial charge in [-0.05, 0) is 40.2 Å². The molecule has 3 heterocycles. The van der Waals surface area contributed by atoms with Crippen molar-refractivity contribution in [3.8, 4) is 0 Å². The highest BCUT2D eigenvalue weighted by Gasteiger charge is 2.04. The van der Waals surface area contributed by atoms with Crippen LogP contribution in [0.25, 0.3) is 5.65 Å². The summed E-state index contributed by atoms with van der Waals surface area (Å²) < 4.78 is 8.17. The number of halogens is 1. The van der Waals surface area contributed by atoms with Crippen molar-refractivity contribution in [2.75, 3.05) is 6.54 Å². The van der Waals surface area contributed by atoms with Gasteiger partial charge >= 0.3 is 0 Å². The van der Waals surface area contributed by atoms with Gasteiger partial charge in [-0.25, -0.2) is 0 Å². The van der Waals surface area contributed by atoms with Gasteiger partial charge in [0, 0.05) is 19.2 Å². The fourth-order valence-electron chi connectivity index (χ4n) is 1.92. The predicted molar refractivity (Wildman–Crippen MR) is 74.8 cm³/mol. The van der Waals surface area contributed by atoms with Gasteiger partial charge in [0.05, 0.1) is 6.54 Å². The summed E-state index contributed by atoms with van der Waals surface area (Å²) in [6.45, 7) is 1.54. The lowest BCUT2D eigenvalue weighted by atomic mass is 10.3. The van der Waals surface area contributed by atoms with Crippen molar-refractivity contribution >= 4 is 21.6 Å². The first-order chi connectivity index (χ1) is 9.33. The molecule has 5 nitrogen and oxygen atoms in total. The quantitative estimate of drug-likeness (QED) is 0.733. The molecule has 0 aliphatic carbocycles. The van der Waals surface area contributed by atoms with E-state index in [0.717, 1.165) is 34.9 Å². The number of nitrogens with zero attached hydrogens (tertiary/aromatic N) is 3. The van der Waals surface area contributed by atoms with Crippen LogP contribution >= 0.6 is 15.9 Å². The van der Waals surface area contributed by atoms with Crippen LogP contribution in [0.15, 0.2) is 45.6 Å². The summed E-state index contributed by atoms with van der Waals surface area (Å²) >= 11 is 3.28. The number of furan rings is 1. The second kappa shape index (κ2) is 5.54. The summed E-state index contributed by atoms with van der Waals surface area (Å²) in [7, 11) is 0. The van der Waals surface area contributed by atoms with Crippen molar-refractivity contribution in [3.63, 3.8) is 0 Å². The molecule has 0 fully saturated rings. The zero-order valence-electron chi connectivity index (χ0n) is 10.2. The van der Waals surface area contributed by atoms with E-state index in [-0.39, 0.29) is 0 Å². The highest BCUT2D eigenvalue weighted by Crippen LogP contribution is 2.13. The van der Waals surface area contributed by atoms with Gasteiger partial charge in [-0.1, -0.05) is 6.07 Å². The first kappa shape index (κ1) is 12.4. The molecular formula is C13H13BrN4O. The third-order valence-corrected chi connectivity index (χ3v) is 3.26. The van der Waals surface area contributed by atoms with Crippen LogP contribution in [0.5, 0.6) is 0 Å². The Labute approximate surface area is 118 Å². The van der Waals surface area contributed by atoms with E-state index in [4.69, 9.17) is 4.42 Å². The summed E-state index contributed by atoms with van der Waals surface area (Å²) in [6.07, 6.45) is 2.81.